The van der Waals surface area contributed by atoms with Crippen molar-refractivity contribution in [3.8, 4) is 0 Å². The zero-order valence-corrected chi connectivity index (χ0v) is 10.8. The summed E-state index contributed by atoms with van der Waals surface area (Å²) in [4.78, 5) is 20.1. The molecule has 0 spiro atoms. The molecule has 2 heterocycles. The zero-order chi connectivity index (χ0) is 12.8. The SMILES string of the molecule is CNc1cccc(C(=O)NCCc2cscn2)n1. The van der Waals surface area contributed by atoms with Crippen LogP contribution in [0.15, 0.2) is 29.1 Å². The van der Waals surface area contributed by atoms with Gasteiger partial charge in [0.25, 0.3) is 5.91 Å². The summed E-state index contributed by atoms with van der Waals surface area (Å²) >= 11 is 1.56. The van der Waals surface area contributed by atoms with E-state index in [0.717, 1.165) is 12.1 Å². The van der Waals surface area contributed by atoms with Gasteiger partial charge in [-0.05, 0) is 12.1 Å². The summed E-state index contributed by atoms with van der Waals surface area (Å²) in [5.41, 5.74) is 3.20. The second-order valence-corrected chi connectivity index (χ2v) is 4.36. The molecule has 2 aromatic rings. The molecule has 0 fully saturated rings. The third-order valence-electron chi connectivity index (χ3n) is 2.39. The summed E-state index contributed by atoms with van der Waals surface area (Å²) in [6.07, 6.45) is 0.737. The van der Waals surface area contributed by atoms with E-state index in [1.807, 2.05) is 11.4 Å². The standard InChI is InChI=1S/C12H14N4OS/c1-13-11-4-2-3-10(16-11)12(17)14-6-5-9-7-18-8-15-9/h2-4,7-8H,5-6H2,1H3,(H,13,16)(H,14,17). The maximum absolute atomic E-state index is 11.8. The van der Waals surface area contributed by atoms with Crippen molar-refractivity contribution in [3.05, 3.63) is 40.5 Å². The second-order valence-electron chi connectivity index (χ2n) is 3.64. The van der Waals surface area contributed by atoms with Gasteiger partial charge >= 0.3 is 0 Å². The predicted octanol–water partition coefficient (Wildman–Crippen LogP) is 1.55. The van der Waals surface area contributed by atoms with E-state index in [0.29, 0.717) is 18.1 Å². The van der Waals surface area contributed by atoms with Gasteiger partial charge < -0.3 is 10.6 Å². The number of nitrogens with one attached hydrogen (secondary N) is 2. The van der Waals surface area contributed by atoms with E-state index in [4.69, 9.17) is 0 Å². The third-order valence-corrected chi connectivity index (χ3v) is 3.02. The van der Waals surface area contributed by atoms with Crippen LogP contribution in [0.4, 0.5) is 5.82 Å². The molecule has 0 saturated carbocycles. The largest absolute Gasteiger partial charge is 0.373 e. The van der Waals surface area contributed by atoms with Crippen LogP contribution in [0.3, 0.4) is 0 Å². The van der Waals surface area contributed by atoms with Crippen LogP contribution in [0.1, 0.15) is 16.2 Å². The molecule has 0 unspecified atom stereocenters. The molecule has 94 valence electrons. The lowest BCUT2D eigenvalue weighted by Gasteiger charge is -2.05. The molecule has 18 heavy (non-hydrogen) atoms. The van der Waals surface area contributed by atoms with Crippen molar-refractivity contribution in [2.75, 3.05) is 18.9 Å². The van der Waals surface area contributed by atoms with E-state index in [-0.39, 0.29) is 5.91 Å². The Morgan fingerprint density at radius 2 is 2.33 bits per heavy atom. The quantitative estimate of drug-likeness (QED) is 0.858. The molecule has 2 N–H and O–H groups in total. The number of thiazole rings is 1. The molecule has 1 amide bonds. The van der Waals surface area contributed by atoms with E-state index < -0.39 is 0 Å². The minimum Gasteiger partial charge on any atom is -0.373 e. The Balaban J connectivity index is 1.87. The molecule has 0 bridgehead atoms. The minimum absolute atomic E-state index is 0.165. The summed E-state index contributed by atoms with van der Waals surface area (Å²) < 4.78 is 0. The monoisotopic (exact) mass is 262 g/mol. The van der Waals surface area contributed by atoms with Crippen molar-refractivity contribution < 1.29 is 4.79 Å². The number of rotatable bonds is 5. The molecule has 0 saturated heterocycles. The van der Waals surface area contributed by atoms with Gasteiger partial charge in [0.15, 0.2) is 0 Å². The van der Waals surface area contributed by atoms with Gasteiger partial charge in [0.1, 0.15) is 11.5 Å². The fourth-order valence-electron chi connectivity index (χ4n) is 1.46. The molecule has 2 rings (SSSR count). The van der Waals surface area contributed by atoms with Crippen molar-refractivity contribution in [2.45, 2.75) is 6.42 Å². The molecule has 0 radical (unpaired) electrons. The van der Waals surface area contributed by atoms with Crippen LogP contribution < -0.4 is 10.6 Å². The van der Waals surface area contributed by atoms with E-state index >= 15 is 0 Å². The average Bonchev–Trinajstić information content (AvgIpc) is 2.92. The van der Waals surface area contributed by atoms with Gasteiger partial charge in [0, 0.05) is 25.4 Å². The Hall–Kier alpha value is -1.95. The smallest absolute Gasteiger partial charge is 0.269 e. The fraction of sp³-hybridized carbons (Fsp3) is 0.250. The Bertz CT molecular complexity index is 513. The summed E-state index contributed by atoms with van der Waals surface area (Å²) in [5, 5.41) is 7.70. The predicted molar refractivity (Wildman–Crippen MR) is 71.9 cm³/mol. The first-order valence-corrected chi connectivity index (χ1v) is 6.54. The maximum Gasteiger partial charge on any atom is 0.269 e. The number of aromatic nitrogens is 2. The Labute approximate surface area is 109 Å². The molecular formula is C12H14N4OS. The van der Waals surface area contributed by atoms with Gasteiger partial charge in [-0.3, -0.25) is 4.79 Å². The van der Waals surface area contributed by atoms with E-state index in [1.165, 1.54) is 0 Å². The number of nitrogens with zero attached hydrogens (tertiary/aromatic N) is 2. The highest BCUT2D eigenvalue weighted by Crippen LogP contribution is 2.04. The van der Waals surface area contributed by atoms with Crippen LogP contribution in [-0.2, 0) is 6.42 Å². The van der Waals surface area contributed by atoms with Gasteiger partial charge in [0.2, 0.25) is 0 Å². The van der Waals surface area contributed by atoms with Crippen molar-refractivity contribution in [3.63, 3.8) is 0 Å². The third kappa shape index (κ3) is 3.27. The summed E-state index contributed by atoms with van der Waals surface area (Å²) in [5.74, 6) is 0.518. The molecule has 0 aliphatic heterocycles. The molecular weight excluding hydrogens is 248 g/mol. The topological polar surface area (TPSA) is 66.9 Å². The number of carbonyl (C=O) groups is 1. The summed E-state index contributed by atoms with van der Waals surface area (Å²) in [6.45, 7) is 0.564. The molecule has 0 atom stereocenters. The summed E-state index contributed by atoms with van der Waals surface area (Å²) in [7, 11) is 1.77. The van der Waals surface area contributed by atoms with E-state index in [9.17, 15) is 4.79 Å². The molecule has 0 aliphatic carbocycles. The van der Waals surface area contributed by atoms with E-state index in [2.05, 4.69) is 20.6 Å². The first-order valence-electron chi connectivity index (χ1n) is 5.59. The Morgan fingerprint density at radius 1 is 1.44 bits per heavy atom. The van der Waals surface area contributed by atoms with Crippen LogP contribution >= 0.6 is 11.3 Å². The van der Waals surface area contributed by atoms with E-state index in [1.54, 1.807) is 36.0 Å². The molecule has 5 nitrogen and oxygen atoms in total. The number of anilines is 1. The van der Waals surface area contributed by atoms with Crippen LogP contribution in [0.5, 0.6) is 0 Å². The van der Waals surface area contributed by atoms with Crippen molar-refractivity contribution >= 4 is 23.1 Å². The number of hydrogen-bond donors (Lipinski definition) is 2. The second kappa shape index (κ2) is 6.11. The van der Waals surface area contributed by atoms with Crippen molar-refractivity contribution in [1.29, 1.82) is 0 Å². The molecule has 0 aliphatic rings. The van der Waals surface area contributed by atoms with Gasteiger partial charge in [-0.25, -0.2) is 9.97 Å². The van der Waals surface area contributed by atoms with Gasteiger partial charge in [-0.2, -0.15) is 0 Å². The molecule has 6 heteroatoms. The Kier molecular flexibility index (Phi) is 4.25. The van der Waals surface area contributed by atoms with Gasteiger partial charge in [-0.15, -0.1) is 11.3 Å². The lowest BCUT2D eigenvalue weighted by molar-refractivity contribution is 0.0949. The lowest BCUT2D eigenvalue weighted by atomic mass is 10.3. The maximum atomic E-state index is 11.8. The highest BCUT2D eigenvalue weighted by atomic mass is 32.1. The number of pyridine rings is 1. The van der Waals surface area contributed by atoms with Crippen molar-refractivity contribution in [2.24, 2.45) is 0 Å². The normalized spacial score (nSPS) is 10.1. The molecule has 2 aromatic heterocycles. The van der Waals surface area contributed by atoms with Crippen LogP contribution in [0, 0.1) is 0 Å². The van der Waals surface area contributed by atoms with Crippen LogP contribution in [-0.4, -0.2) is 29.5 Å². The number of amides is 1. The van der Waals surface area contributed by atoms with Crippen molar-refractivity contribution in [1.82, 2.24) is 15.3 Å². The first-order chi connectivity index (χ1) is 8.79. The molecule has 0 aromatic carbocycles. The average molecular weight is 262 g/mol. The zero-order valence-electron chi connectivity index (χ0n) is 10.0. The summed E-state index contributed by atoms with van der Waals surface area (Å²) in [6, 6.07) is 5.30. The van der Waals surface area contributed by atoms with Crippen LogP contribution in [0.2, 0.25) is 0 Å². The van der Waals surface area contributed by atoms with Gasteiger partial charge in [-0.1, -0.05) is 6.07 Å². The lowest BCUT2D eigenvalue weighted by Crippen LogP contribution is -2.26. The highest BCUT2D eigenvalue weighted by molar-refractivity contribution is 7.07. The Morgan fingerprint density at radius 3 is 3.06 bits per heavy atom. The number of hydrogen-bond acceptors (Lipinski definition) is 5. The van der Waals surface area contributed by atoms with Crippen LogP contribution in [0.25, 0.3) is 0 Å². The highest BCUT2D eigenvalue weighted by Gasteiger charge is 2.07. The van der Waals surface area contributed by atoms with Gasteiger partial charge in [0.05, 0.1) is 11.2 Å². The minimum atomic E-state index is -0.165. The number of carbonyl (C=O) groups excluding carboxylic acids is 1. The first kappa shape index (κ1) is 12.5. The fourth-order valence-corrected chi connectivity index (χ4v) is 2.05.